The summed E-state index contributed by atoms with van der Waals surface area (Å²) in [5.41, 5.74) is 0. The minimum Gasteiger partial charge on any atom is -0.435 e. The molecule has 0 aliphatic carbocycles. The molecule has 0 aromatic heterocycles. The molecule has 0 saturated carbocycles. The van der Waals surface area contributed by atoms with Gasteiger partial charge in [0.2, 0.25) is 0 Å². The zero-order chi connectivity index (χ0) is 23.5. The van der Waals surface area contributed by atoms with E-state index in [0.29, 0.717) is 6.42 Å². The fourth-order valence-electron chi connectivity index (χ4n) is 4.51. The van der Waals surface area contributed by atoms with Crippen molar-refractivity contribution in [1.29, 1.82) is 0 Å². The van der Waals surface area contributed by atoms with E-state index in [9.17, 15) is 4.79 Å². The molecule has 0 aliphatic rings. The van der Waals surface area contributed by atoms with Gasteiger partial charge in [-0.3, -0.25) is 4.79 Å². The molecule has 2 nitrogen and oxygen atoms in total. The third-order valence-corrected chi connectivity index (χ3v) is 6.63. The van der Waals surface area contributed by atoms with Crippen molar-refractivity contribution in [3.05, 3.63) is 12.8 Å². The van der Waals surface area contributed by atoms with Gasteiger partial charge in [0.1, 0.15) is 0 Å². The fourth-order valence-corrected chi connectivity index (χ4v) is 4.51. The summed E-state index contributed by atoms with van der Waals surface area (Å²) in [4.78, 5) is 11.2. The average Bonchev–Trinajstić information content (AvgIpc) is 2.76. The highest BCUT2D eigenvalue weighted by Crippen LogP contribution is 2.16. The molecule has 2 heteroatoms. The van der Waals surface area contributed by atoms with Gasteiger partial charge in [-0.2, -0.15) is 0 Å². The van der Waals surface area contributed by atoms with Gasteiger partial charge in [0.15, 0.2) is 0 Å². The van der Waals surface area contributed by atoms with Gasteiger partial charge in [0, 0.05) is 6.42 Å². The molecule has 0 rings (SSSR count). The Morgan fingerprint density at radius 1 is 0.562 bits per heavy atom. The van der Waals surface area contributed by atoms with Crippen molar-refractivity contribution in [2.75, 3.05) is 0 Å². The summed E-state index contributed by atoms with van der Waals surface area (Å²) in [5, 5.41) is 0. The predicted octanol–water partition coefficient (Wildman–Crippen LogP) is 10.7. The minimum atomic E-state index is -0.145. The highest BCUT2D eigenvalue weighted by Gasteiger charge is 2.00. The molecule has 0 aromatic rings. The van der Waals surface area contributed by atoms with Crippen LogP contribution in [0.4, 0.5) is 0 Å². The van der Waals surface area contributed by atoms with Crippen LogP contribution in [0.2, 0.25) is 0 Å². The number of rotatable bonds is 26. The van der Waals surface area contributed by atoms with E-state index in [0.717, 1.165) is 18.8 Å². The van der Waals surface area contributed by atoms with Crippen LogP contribution in [0.1, 0.15) is 168 Å². The lowest BCUT2D eigenvalue weighted by atomic mass is 10.0. The molecule has 0 aromatic carbocycles. The number of esters is 1. The van der Waals surface area contributed by atoms with Crippen molar-refractivity contribution in [1.82, 2.24) is 0 Å². The number of hydrogen-bond donors (Lipinski definition) is 0. The molecule has 0 heterocycles. The minimum absolute atomic E-state index is 0.145. The average molecular weight is 451 g/mol. The first-order valence-corrected chi connectivity index (χ1v) is 14.5. The van der Waals surface area contributed by atoms with E-state index in [-0.39, 0.29) is 5.97 Å². The Labute approximate surface area is 202 Å². The molecule has 0 fully saturated rings. The summed E-state index contributed by atoms with van der Waals surface area (Å²) in [6.07, 6.45) is 33.8. The van der Waals surface area contributed by atoms with E-state index in [2.05, 4.69) is 20.4 Å². The Morgan fingerprint density at radius 3 is 1.12 bits per heavy atom. The molecule has 190 valence electrons. The van der Waals surface area contributed by atoms with Gasteiger partial charge in [0.05, 0.1) is 6.26 Å². The van der Waals surface area contributed by atoms with E-state index in [1.807, 2.05) is 0 Å². The summed E-state index contributed by atoms with van der Waals surface area (Å²) in [7, 11) is 0. The van der Waals surface area contributed by atoms with Crippen LogP contribution in [0.5, 0.6) is 0 Å². The number of carbonyl (C=O) groups excluding carboxylic acids is 1. The van der Waals surface area contributed by atoms with Gasteiger partial charge >= 0.3 is 5.97 Å². The van der Waals surface area contributed by atoms with Crippen molar-refractivity contribution in [3.8, 4) is 0 Å². The van der Waals surface area contributed by atoms with Crippen LogP contribution >= 0.6 is 0 Å². The smallest absolute Gasteiger partial charge is 0.310 e. The maximum absolute atomic E-state index is 11.2. The van der Waals surface area contributed by atoms with Gasteiger partial charge in [-0.15, -0.1) is 0 Å². The maximum atomic E-state index is 11.2. The van der Waals surface area contributed by atoms with Gasteiger partial charge < -0.3 is 4.74 Å². The van der Waals surface area contributed by atoms with Crippen molar-refractivity contribution in [2.45, 2.75) is 168 Å². The van der Waals surface area contributed by atoms with Gasteiger partial charge in [-0.25, -0.2) is 0 Å². The Kier molecular flexibility index (Phi) is 25.8. The Bertz CT molecular complexity index is 388. The van der Waals surface area contributed by atoms with E-state index in [4.69, 9.17) is 4.74 Å². The molecule has 0 aliphatic heterocycles. The number of hydrogen-bond acceptors (Lipinski definition) is 2. The van der Waals surface area contributed by atoms with E-state index in [1.165, 1.54) is 141 Å². The molecule has 0 amide bonds. The lowest BCUT2D eigenvalue weighted by molar-refractivity contribution is -0.138. The zero-order valence-corrected chi connectivity index (χ0v) is 22.1. The Balaban J connectivity index is 3.05. The Morgan fingerprint density at radius 2 is 0.844 bits per heavy atom. The molecule has 0 spiro atoms. The zero-order valence-electron chi connectivity index (χ0n) is 22.1. The highest BCUT2D eigenvalue weighted by molar-refractivity contribution is 5.69. The summed E-state index contributed by atoms with van der Waals surface area (Å²) in [6.45, 7) is 8.07. The summed E-state index contributed by atoms with van der Waals surface area (Å²) in [6, 6.07) is 0. The molecule has 0 bridgehead atoms. The van der Waals surface area contributed by atoms with E-state index < -0.39 is 0 Å². The van der Waals surface area contributed by atoms with Crippen LogP contribution in [-0.2, 0) is 9.53 Å². The van der Waals surface area contributed by atoms with Crippen molar-refractivity contribution in [3.63, 3.8) is 0 Å². The number of ether oxygens (including phenoxy) is 1. The quantitative estimate of drug-likeness (QED) is 0.0744. The van der Waals surface area contributed by atoms with Crippen molar-refractivity contribution < 1.29 is 9.53 Å². The molecular formula is C30H58O2. The third-order valence-electron chi connectivity index (χ3n) is 6.63. The van der Waals surface area contributed by atoms with Crippen molar-refractivity contribution in [2.24, 2.45) is 5.92 Å². The summed E-state index contributed by atoms with van der Waals surface area (Å²) in [5.74, 6) is 0.740. The highest BCUT2D eigenvalue weighted by atomic mass is 16.5. The topological polar surface area (TPSA) is 26.3 Å². The summed E-state index contributed by atoms with van der Waals surface area (Å²) >= 11 is 0. The first-order valence-electron chi connectivity index (χ1n) is 14.5. The lowest BCUT2D eigenvalue weighted by Gasteiger charge is -2.05. The number of carbonyl (C=O) groups is 1. The van der Waals surface area contributed by atoms with Crippen LogP contribution in [0.3, 0.4) is 0 Å². The molecule has 0 atom stereocenters. The second-order valence-corrected chi connectivity index (χ2v) is 10.4. The monoisotopic (exact) mass is 450 g/mol. The second kappa shape index (κ2) is 26.5. The van der Waals surface area contributed by atoms with Gasteiger partial charge in [-0.1, -0.05) is 162 Å². The van der Waals surface area contributed by atoms with Crippen LogP contribution < -0.4 is 0 Å². The first kappa shape index (κ1) is 31.2. The summed E-state index contributed by atoms with van der Waals surface area (Å²) < 4.78 is 4.72. The lowest BCUT2D eigenvalue weighted by Crippen LogP contribution is -1.98. The largest absolute Gasteiger partial charge is 0.435 e. The van der Waals surface area contributed by atoms with Crippen LogP contribution in [0.25, 0.3) is 0 Å². The molecule has 0 unspecified atom stereocenters. The molecule has 0 radical (unpaired) electrons. The Hall–Kier alpha value is -0.790. The van der Waals surface area contributed by atoms with Crippen LogP contribution in [0.15, 0.2) is 12.8 Å². The maximum Gasteiger partial charge on any atom is 0.310 e. The van der Waals surface area contributed by atoms with E-state index in [1.54, 1.807) is 0 Å². The second-order valence-electron chi connectivity index (χ2n) is 10.4. The first-order chi connectivity index (χ1) is 15.7. The van der Waals surface area contributed by atoms with Crippen molar-refractivity contribution >= 4 is 5.97 Å². The molecular weight excluding hydrogens is 392 g/mol. The number of unbranched alkanes of at least 4 members (excludes halogenated alkanes) is 21. The van der Waals surface area contributed by atoms with Crippen LogP contribution in [0, 0.1) is 5.92 Å². The van der Waals surface area contributed by atoms with E-state index >= 15 is 0 Å². The van der Waals surface area contributed by atoms with Crippen LogP contribution in [-0.4, -0.2) is 5.97 Å². The van der Waals surface area contributed by atoms with Gasteiger partial charge in [0.25, 0.3) is 0 Å². The molecule has 0 saturated heterocycles. The van der Waals surface area contributed by atoms with Gasteiger partial charge in [-0.05, 0) is 12.3 Å². The normalized spacial score (nSPS) is 11.2. The third kappa shape index (κ3) is 27.2. The fraction of sp³-hybridized carbons (Fsp3) is 0.900. The standard InChI is InChI=1S/C30H58O2/c1-4-32-30(31)28-26-24-22-20-18-16-14-12-10-8-6-5-7-9-11-13-15-17-19-21-23-25-27-29(2)3/h4,29H,1,5-28H2,2-3H3. The predicted molar refractivity (Wildman–Crippen MR) is 142 cm³/mol. The molecule has 0 N–H and O–H groups in total. The SMILES string of the molecule is C=COC(=O)CCCCCCCCCCCCCCCCCCCCCCCCC(C)C. The molecule has 32 heavy (non-hydrogen) atoms.